The van der Waals surface area contributed by atoms with Gasteiger partial charge in [-0.1, -0.05) is 19.1 Å². The predicted octanol–water partition coefficient (Wildman–Crippen LogP) is 4.36. The van der Waals surface area contributed by atoms with Crippen LogP contribution < -0.4 is 5.32 Å². The molecule has 0 radical (unpaired) electrons. The van der Waals surface area contributed by atoms with Crippen LogP contribution in [0.15, 0.2) is 24.3 Å². The maximum atomic E-state index is 13.5. The van der Waals surface area contributed by atoms with Crippen LogP contribution in [-0.4, -0.2) is 0 Å². The lowest BCUT2D eigenvalue weighted by Gasteiger charge is -2.07. The second-order valence-electron chi connectivity index (χ2n) is 4.87. The molecule has 3 heteroatoms. The van der Waals surface area contributed by atoms with E-state index < -0.39 is 0 Å². The van der Waals surface area contributed by atoms with Gasteiger partial charge in [0.1, 0.15) is 5.82 Å². The van der Waals surface area contributed by atoms with Crippen molar-refractivity contribution in [3.63, 3.8) is 0 Å². The summed E-state index contributed by atoms with van der Waals surface area (Å²) in [4.78, 5) is 2.78. The minimum absolute atomic E-state index is 0.0883. The maximum absolute atomic E-state index is 13.5. The van der Waals surface area contributed by atoms with Crippen molar-refractivity contribution in [2.45, 2.75) is 40.3 Å². The summed E-state index contributed by atoms with van der Waals surface area (Å²) in [6.07, 6.45) is 1.10. The minimum Gasteiger partial charge on any atom is -0.308 e. The molecule has 1 aromatic heterocycles. The molecule has 0 atom stereocenters. The Balaban J connectivity index is 1.92. The molecule has 2 aromatic rings. The highest BCUT2D eigenvalue weighted by atomic mass is 32.1. The molecule has 1 nitrogen and oxygen atoms in total. The second kappa shape index (κ2) is 6.31. The molecular formula is C16H20FNS. The van der Waals surface area contributed by atoms with E-state index in [0.717, 1.165) is 36.2 Å². The quantitative estimate of drug-likeness (QED) is 0.856. The number of aryl methyl sites for hydroxylation is 3. The molecule has 0 aliphatic heterocycles. The smallest absolute Gasteiger partial charge is 0.129 e. The average Bonchev–Trinajstić information content (AvgIpc) is 2.84. The first-order chi connectivity index (χ1) is 9.10. The Morgan fingerprint density at radius 2 is 1.68 bits per heavy atom. The number of benzene rings is 1. The van der Waals surface area contributed by atoms with Gasteiger partial charge in [0.2, 0.25) is 0 Å². The summed E-state index contributed by atoms with van der Waals surface area (Å²) in [5.41, 5.74) is 2.59. The van der Waals surface area contributed by atoms with Crippen LogP contribution in [0.4, 0.5) is 4.39 Å². The first-order valence-electron chi connectivity index (χ1n) is 6.64. The predicted molar refractivity (Wildman–Crippen MR) is 80.1 cm³/mol. The van der Waals surface area contributed by atoms with Gasteiger partial charge in [0.25, 0.3) is 0 Å². The summed E-state index contributed by atoms with van der Waals surface area (Å²) in [6, 6.07) is 8.20. The molecular weight excluding hydrogens is 257 g/mol. The van der Waals surface area contributed by atoms with Crippen molar-refractivity contribution in [3.05, 3.63) is 56.5 Å². The highest BCUT2D eigenvalue weighted by molar-refractivity contribution is 7.11. The fraction of sp³-hybridized carbons (Fsp3) is 0.375. The number of rotatable bonds is 5. The summed E-state index contributed by atoms with van der Waals surface area (Å²) in [6.45, 7) is 7.46. The van der Waals surface area contributed by atoms with Gasteiger partial charge in [0, 0.05) is 22.8 Å². The van der Waals surface area contributed by atoms with Gasteiger partial charge in [-0.25, -0.2) is 4.39 Å². The molecule has 2 rings (SSSR count). The third kappa shape index (κ3) is 3.64. The van der Waals surface area contributed by atoms with Crippen molar-refractivity contribution in [2.75, 3.05) is 0 Å². The van der Waals surface area contributed by atoms with Crippen LogP contribution in [0.2, 0.25) is 0 Å². The van der Waals surface area contributed by atoms with Crippen molar-refractivity contribution in [3.8, 4) is 0 Å². The van der Waals surface area contributed by atoms with E-state index in [2.05, 4.69) is 24.4 Å². The lowest BCUT2D eigenvalue weighted by atomic mass is 10.1. The van der Waals surface area contributed by atoms with E-state index in [1.165, 1.54) is 9.75 Å². The Kier molecular flexibility index (Phi) is 4.72. The molecule has 1 heterocycles. The van der Waals surface area contributed by atoms with E-state index in [-0.39, 0.29) is 5.82 Å². The molecule has 0 unspecified atom stereocenters. The lowest BCUT2D eigenvalue weighted by molar-refractivity contribution is 0.606. The number of hydrogen-bond acceptors (Lipinski definition) is 2. The summed E-state index contributed by atoms with van der Waals surface area (Å²) in [7, 11) is 0. The van der Waals surface area contributed by atoms with Crippen LogP contribution in [0.5, 0.6) is 0 Å². The van der Waals surface area contributed by atoms with Gasteiger partial charge < -0.3 is 5.32 Å². The molecule has 19 heavy (non-hydrogen) atoms. The third-order valence-electron chi connectivity index (χ3n) is 3.19. The topological polar surface area (TPSA) is 12.0 Å². The highest BCUT2D eigenvalue weighted by Gasteiger charge is 2.04. The SMILES string of the molecule is CCc1ccc(CNCc2cc(C)c(F)c(C)c2)s1. The Morgan fingerprint density at radius 1 is 1.05 bits per heavy atom. The van der Waals surface area contributed by atoms with Crippen LogP contribution in [0.3, 0.4) is 0 Å². The number of hydrogen-bond donors (Lipinski definition) is 1. The van der Waals surface area contributed by atoms with E-state index >= 15 is 0 Å². The van der Waals surface area contributed by atoms with E-state index in [9.17, 15) is 4.39 Å². The molecule has 1 N–H and O–H groups in total. The normalized spacial score (nSPS) is 10.9. The molecule has 0 aliphatic rings. The van der Waals surface area contributed by atoms with Crippen LogP contribution in [0, 0.1) is 19.7 Å². The van der Waals surface area contributed by atoms with Gasteiger partial charge in [-0.15, -0.1) is 11.3 Å². The molecule has 0 saturated heterocycles. The van der Waals surface area contributed by atoms with Crippen LogP contribution in [0.1, 0.15) is 33.4 Å². The van der Waals surface area contributed by atoms with Crippen LogP contribution in [-0.2, 0) is 19.5 Å². The van der Waals surface area contributed by atoms with Gasteiger partial charge in [-0.2, -0.15) is 0 Å². The van der Waals surface area contributed by atoms with Crippen molar-refractivity contribution in [1.29, 1.82) is 0 Å². The van der Waals surface area contributed by atoms with Crippen molar-refractivity contribution in [2.24, 2.45) is 0 Å². The Morgan fingerprint density at radius 3 is 2.26 bits per heavy atom. The number of halogens is 1. The Labute approximate surface area is 118 Å². The molecule has 1 aromatic carbocycles. The Bertz CT molecular complexity index is 537. The molecule has 102 valence electrons. The summed E-state index contributed by atoms with van der Waals surface area (Å²) < 4.78 is 13.5. The van der Waals surface area contributed by atoms with E-state index in [1.807, 2.05) is 37.3 Å². The number of nitrogens with one attached hydrogen (secondary N) is 1. The first-order valence-corrected chi connectivity index (χ1v) is 7.45. The summed E-state index contributed by atoms with van der Waals surface area (Å²) in [5.74, 6) is -0.0883. The highest BCUT2D eigenvalue weighted by Crippen LogP contribution is 2.17. The zero-order chi connectivity index (χ0) is 13.8. The molecule has 0 saturated carbocycles. The molecule has 0 bridgehead atoms. The summed E-state index contributed by atoms with van der Waals surface area (Å²) >= 11 is 1.85. The van der Waals surface area contributed by atoms with E-state index in [0.29, 0.717) is 0 Å². The maximum Gasteiger partial charge on any atom is 0.129 e. The largest absolute Gasteiger partial charge is 0.308 e. The second-order valence-corrected chi connectivity index (χ2v) is 6.12. The van der Waals surface area contributed by atoms with Gasteiger partial charge in [-0.05, 0) is 49.1 Å². The van der Waals surface area contributed by atoms with Gasteiger partial charge in [-0.3, -0.25) is 0 Å². The molecule has 0 aliphatic carbocycles. The molecule has 0 amide bonds. The minimum atomic E-state index is -0.0883. The van der Waals surface area contributed by atoms with Gasteiger partial charge in [0.15, 0.2) is 0 Å². The fourth-order valence-corrected chi connectivity index (χ4v) is 3.10. The molecule has 0 fully saturated rings. The van der Waals surface area contributed by atoms with Crippen molar-refractivity contribution in [1.82, 2.24) is 5.32 Å². The molecule has 0 spiro atoms. The lowest BCUT2D eigenvalue weighted by Crippen LogP contribution is -2.12. The van der Waals surface area contributed by atoms with E-state index in [1.54, 1.807) is 0 Å². The standard InChI is InChI=1S/C16H20FNS/c1-4-14-5-6-15(19-14)10-18-9-13-7-11(2)16(17)12(3)8-13/h5-8,18H,4,9-10H2,1-3H3. The van der Waals surface area contributed by atoms with Crippen molar-refractivity contribution >= 4 is 11.3 Å². The third-order valence-corrected chi connectivity index (χ3v) is 4.42. The monoisotopic (exact) mass is 277 g/mol. The van der Waals surface area contributed by atoms with E-state index in [4.69, 9.17) is 0 Å². The average molecular weight is 277 g/mol. The summed E-state index contributed by atoms with van der Waals surface area (Å²) in [5, 5.41) is 3.42. The van der Waals surface area contributed by atoms with Crippen molar-refractivity contribution < 1.29 is 4.39 Å². The van der Waals surface area contributed by atoms with Gasteiger partial charge >= 0.3 is 0 Å². The van der Waals surface area contributed by atoms with Crippen LogP contribution >= 0.6 is 11.3 Å². The fourth-order valence-electron chi connectivity index (χ4n) is 2.18. The first kappa shape index (κ1) is 14.2. The number of thiophene rings is 1. The zero-order valence-corrected chi connectivity index (χ0v) is 12.5. The van der Waals surface area contributed by atoms with Gasteiger partial charge in [0.05, 0.1) is 0 Å². The Hall–Kier alpha value is -1.19. The van der Waals surface area contributed by atoms with Crippen LogP contribution in [0.25, 0.3) is 0 Å². The zero-order valence-electron chi connectivity index (χ0n) is 11.7.